The maximum absolute atomic E-state index is 4.31. The molecule has 0 atom stereocenters. The first-order valence-corrected chi connectivity index (χ1v) is 9.71. The fourth-order valence-corrected chi connectivity index (χ4v) is 3.22. The van der Waals surface area contributed by atoms with Crippen LogP contribution in [0.5, 0.6) is 0 Å². The summed E-state index contributed by atoms with van der Waals surface area (Å²) in [6, 6.07) is 8.81. The van der Waals surface area contributed by atoms with Crippen LogP contribution in [0.15, 0.2) is 29.3 Å². The molecule has 1 aromatic carbocycles. The molecule has 0 aromatic heterocycles. The van der Waals surface area contributed by atoms with Crippen LogP contribution in [0.1, 0.15) is 25.0 Å². The predicted molar refractivity (Wildman–Crippen MR) is 118 cm³/mol. The number of halogens is 1. The first-order valence-electron chi connectivity index (χ1n) is 8.32. The van der Waals surface area contributed by atoms with Gasteiger partial charge < -0.3 is 10.6 Å². The number of nitrogens with zero attached hydrogens (tertiary/aromatic N) is 2. The molecule has 0 unspecified atom stereocenters. The molecule has 0 saturated heterocycles. The molecule has 0 fully saturated rings. The zero-order valence-electron chi connectivity index (χ0n) is 15.3. The van der Waals surface area contributed by atoms with Crippen molar-refractivity contribution in [2.45, 2.75) is 32.4 Å². The minimum absolute atomic E-state index is 0. The van der Waals surface area contributed by atoms with Gasteiger partial charge in [-0.15, -0.1) is 24.0 Å². The van der Waals surface area contributed by atoms with Crippen LogP contribution in [0.25, 0.3) is 0 Å². The first-order chi connectivity index (χ1) is 11.1. The van der Waals surface area contributed by atoms with E-state index >= 15 is 0 Å². The molecule has 0 spiro atoms. The smallest absolute Gasteiger partial charge is 0.191 e. The van der Waals surface area contributed by atoms with Crippen LogP contribution in [0.3, 0.4) is 0 Å². The minimum Gasteiger partial charge on any atom is -0.356 e. The van der Waals surface area contributed by atoms with E-state index in [9.17, 15) is 0 Å². The molecule has 1 aliphatic rings. The van der Waals surface area contributed by atoms with Gasteiger partial charge in [0, 0.05) is 44.5 Å². The summed E-state index contributed by atoms with van der Waals surface area (Å²) in [5.41, 5.74) is 3.06. The molecule has 4 nitrogen and oxygen atoms in total. The van der Waals surface area contributed by atoms with Crippen LogP contribution < -0.4 is 10.6 Å². The number of thioether (sulfide) groups is 1. The first kappa shape index (κ1) is 21.6. The fourth-order valence-electron chi connectivity index (χ4n) is 2.92. The van der Waals surface area contributed by atoms with Crippen molar-refractivity contribution in [1.29, 1.82) is 0 Å². The molecule has 2 rings (SSSR count). The Morgan fingerprint density at radius 3 is 2.62 bits per heavy atom. The normalized spacial score (nSPS) is 15.4. The topological polar surface area (TPSA) is 39.7 Å². The molecule has 6 heteroatoms. The number of rotatable bonds is 6. The number of hydrogen-bond donors (Lipinski definition) is 2. The maximum atomic E-state index is 4.31. The highest BCUT2D eigenvalue weighted by Gasteiger charge is 2.29. The van der Waals surface area contributed by atoms with E-state index in [-0.39, 0.29) is 29.5 Å². The van der Waals surface area contributed by atoms with Gasteiger partial charge >= 0.3 is 0 Å². The summed E-state index contributed by atoms with van der Waals surface area (Å²) in [6.07, 6.45) is 3.26. The van der Waals surface area contributed by atoms with Gasteiger partial charge in [-0.05, 0) is 37.7 Å². The highest BCUT2D eigenvalue weighted by atomic mass is 127. The van der Waals surface area contributed by atoms with Gasteiger partial charge in [-0.3, -0.25) is 9.89 Å². The molecule has 1 heterocycles. The van der Waals surface area contributed by atoms with Crippen LogP contribution >= 0.6 is 35.7 Å². The van der Waals surface area contributed by atoms with Gasteiger partial charge in [-0.1, -0.05) is 24.3 Å². The van der Waals surface area contributed by atoms with E-state index in [0.717, 1.165) is 44.3 Å². The number of guanidine groups is 1. The highest BCUT2D eigenvalue weighted by molar-refractivity contribution is 14.0. The van der Waals surface area contributed by atoms with Gasteiger partial charge in [0.2, 0.25) is 0 Å². The summed E-state index contributed by atoms with van der Waals surface area (Å²) < 4.78 is 0. The van der Waals surface area contributed by atoms with E-state index in [2.05, 4.69) is 64.9 Å². The van der Waals surface area contributed by atoms with Crippen molar-refractivity contribution < 1.29 is 0 Å². The van der Waals surface area contributed by atoms with E-state index < -0.39 is 0 Å². The molecule has 0 radical (unpaired) electrons. The molecular formula is C18H31IN4S. The summed E-state index contributed by atoms with van der Waals surface area (Å²) in [7, 11) is 1.83. The SMILES string of the molecule is CN=C(NCCSC)NCC(C)(C)N1CCc2ccccc2C1.I. The van der Waals surface area contributed by atoms with Gasteiger partial charge in [-0.25, -0.2) is 0 Å². The van der Waals surface area contributed by atoms with Crippen molar-refractivity contribution in [3.8, 4) is 0 Å². The van der Waals surface area contributed by atoms with Crippen LogP contribution in [0.2, 0.25) is 0 Å². The van der Waals surface area contributed by atoms with Gasteiger partial charge in [0.25, 0.3) is 0 Å². The summed E-state index contributed by atoms with van der Waals surface area (Å²) >= 11 is 1.84. The Balaban J connectivity index is 0.00000288. The van der Waals surface area contributed by atoms with Gasteiger partial charge in [0.1, 0.15) is 0 Å². The lowest BCUT2D eigenvalue weighted by Gasteiger charge is -2.42. The molecule has 1 aromatic rings. The molecule has 0 amide bonds. The van der Waals surface area contributed by atoms with Gasteiger partial charge in [0.15, 0.2) is 5.96 Å². The standard InChI is InChI=1S/C18H30N4S.HI/c1-18(2,14-21-17(19-3)20-10-12-23-4)22-11-9-15-7-5-6-8-16(15)13-22;/h5-8H,9-14H2,1-4H3,(H2,19,20,21);1H. The van der Waals surface area contributed by atoms with E-state index in [1.54, 1.807) is 0 Å². The Kier molecular flexibility index (Phi) is 9.44. The number of hydrogen-bond acceptors (Lipinski definition) is 3. The summed E-state index contributed by atoms with van der Waals surface area (Å²) in [4.78, 5) is 6.88. The highest BCUT2D eigenvalue weighted by Crippen LogP contribution is 2.24. The average molecular weight is 462 g/mol. The van der Waals surface area contributed by atoms with E-state index in [1.807, 2.05) is 18.8 Å². The summed E-state index contributed by atoms with van der Waals surface area (Å²) in [5, 5.41) is 6.84. The third-order valence-corrected chi connectivity index (χ3v) is 5.11. The van der Waals surface area contributed by atoms with Crippen molar-refractivity contribution in [2.75, 3.05) is 38.7 Å². The van der Waals surface area contributed by atoms with Crippen molar-refractivity contribution in [3.63, 3.8) is 0 Å². The number of aliphatic imine (C=N–C) groups is 1. The van der Waals surface area contributed by atoms with Crippen LogP contribution in [-0.2, 0) is 13.0 Å². The number of nitrogens with one attached hydrogen (secondary N) is 2. The quantitative estimate of drug-likeness (QED) is 0.295. The van der Waals surface area contributed by atoms with Crippen LogP contribution in [0, 0.1) is 0 Å². The zero-order chi connectivity index (χ0) is 16.7. The second-order valence-corrected chi connectivity index (χ2v) is 7.58. The molecule has 24 heavy (non-hydrogen) atoms. The third-order valence-electron chi connectivity index (χ3n) is 4.50. The Labute approximate surface area is 168 Å². The Bertz CT molecular complexity index is 534. The monoisotopic (exact) mass is 462 g/mol. The predicted octanol–water partition coefficient (Wildman–Crippen LogP) is 2.97. The minimum atomic E-state index is 0. The molecule has 136 valence electrons. The van der Waals surface area contributed by atoms with Crippen LogP contribution in [0.4, 0.5) is 0 Å². The van der Waals surface area contributed by atoms with Gasteiger partial charge in [0.05, 0.1) is 0 Å². The van der Waals surface area contributed by atoms with Crippen molar-refractivity contribution in [1.82, 2.24) is 15.5 Å². The Morgan fingerprint density at radius 1 is 1.25 bits per heavy atom. The molecule has 0 saturated carbocycles. The van der Waals surface area contributed by atoms with E-state index in [1.165, 1.54) is 11.1 Å². The Morgan fingerprint density at radius 2 is 1.96 bits per heavy atom. The van der Waals surface area contributed by atoms with Crippen molar-refractivity contribution >= 4 is 41.7 Å². The number of benzene rings is 1. The lowest BCUT2D eigenvalue weighted by atomic mass is 9.94. The maximum Gasteiger partial charge on any atom is 0.191 e. The molecular weight excluding hydrogens is 431 g/mol. The Hall–Kier alpha value is -0.470. The van der Waals surface area contributed by atoms with Gasteiger partial charge in [-0.2, -0.15) is 11.8 Å². The second-order valence-electron chi connectivity index (χ2n) is 6.60. The second kappa shape index (κ2) is 10.5. The third kappa shape index (κ3) is 6.11. The summed E-state index contributed by atoms with van der Waals surface area (Å²) in [5.74, 6) is 1.98. The average Bonchev–Trinajstić information content (AvgIpc) is 2.57. The lowest BCUT2D eigenvalue weighted by molar-refractivity contribution is 0.107. The van der Waals surface area contributed by atoms with E-state index in [4.69, 9.17) is 0 Å². The fraction of sp³-hybridized carbons (Fsp3) is 0.611. The molecule has 0 bridgehead atoms. The molecule has 0 aliphatic carbocycles. The molecule has 2 N–H and O–H groups in total. The molecule has 1 aliphatic heterocycles. The zero-order valence-corrected chi connectivity index (χ0v) is 18.4. The van der Waals surface area contributed by atoms with Crippen molar-refractivity contribution in [2.24, 2.45) is 4.99 Å². The van der Waals surface area contributed by atoms with E-state index in [0.29, 0.717) is 0 Å². The summed E-state index contributed by atoms with van der Waals surface area (Å²) in [6.45, 7) is 8.59. The lowest BCUT2D eigenvalue weighted by Crippen LogP contribution is -2.54. The number of fused-ring (bicyclic) bond motifs is 1. The van der Waals surface area contributed by atoms with Crippen LogP contribution in [-0.4, -0.2) is 55.1 Å². The largest absolute Gasteiger partial charge is 0.356 e. The van der Waals surface area contributed by atoms with Crippen molar-refractivity contribution in [3.05, 3.63) is 35.4 Å².